The molecule has 1 aliphatic carbocycles. The molecule has 4 atom stereocenters. The lowest BCUT2D eigenvalue weighted by Gasteiger charge is -2.30. The minimum absolute atomic E-state index is 0.128. The molecule has 0 spiro atoms. The number of amides is 1. The monoisotopic (exact) mass is 254 g/mol. The molecule has 1 aliphatic heterocycles. The van der Waals surface area contributed by atoms with Gasteiger partial charge in [-0.3, -0.25) is 4.79 Å². The molecular weight excluding hydrogens is 228 g/mol. The smallest absolute Gasteiger partial charge is 0.223 e. The van der Waals surface area contributed by atoms with E-state index in [4.69, 9.17) is 10.5 Å². The SMILES string of the molecule is CC1CC(N)CC(C(=O)NCCC2CCOC2)C1. The molecule has 0 aromatic carbocycles. The van der Waals surface area contributed by atoms with E-state index in [-0.39, 0.29) is 17.9 Å². The van der Waals surface area contributed by atoms with Crippen LogP contribution in [0.15, 0.2) is 0 Å². The number of carbonyl (C=O) groups excluding carboxylic acids is 1. The molecule has 4 heteroatoms. The van der Waals surface area contributed by atoms with Crippen molar-refractivity contribution in [3.05, 3.63) is 0 Å². The number of ether oxygens (including phenoxy) is 1. The van der Waals surface area contributed by atoms with Crippen molar-refractivity contribution in [3.63, 3.8) is 0 Å². The van der Waals surface area contributed by atoms with Crippen molar-refractivity contribution < 1.29 is 9.53 Å². The highest BCUT2D eigenvalue weighted by Gasteiger charge is 2.29. The number of carbonyl (C=O) groups is 1. The van der Waals surface area contributed by atoms with Crippen LogP contribution in [-0.4, -0.2) is 31.7 Å². The summed E-state index contributed by atoms with van der Waals surface area (Å²) in [5.74, 6) is 1.55. The first-order valence-corrected chi connectivity index (χ1v) is 7.26. The summed E-state index contributed by atoms with van der Waals surface area (Å²) >= 11 is 0. The zero-order valence-electron chi connectivity index (χ0n) is 11.4. The molecule has 1 saturated heterocycles. The van der Waals surface area contributed by atoms with E-state index in [0.717, 1.165) is 51.9 Å². The van der Waals surface area contributed by atoms with Crippen LogP contribution < -0.4 is 11.1 Å². The fourth-order valence-electron chi connectivity index (χ4n) is 3.23. The molecule has 0 aromatic heterocycles. The Morgan fingerprint density at radius 1 is 1.39 bits per heavy atom. The third kappa shape index (κ3) is 3.95. The van der Waals surface area contributed by atoms with Crippen molar-refractivity contribution in [2.75, 3.05) is 19.8 Å². The lowest BCUT2D eigenvalue weighted by atomic mass is 9.79. The van der Waals surface area contributed by atoms with Crippen LogP contribution in [0.1, 0.15) is 39.0 Å². The standard InChI is InChI=1S/C14H26N2O2/c1-10-6-12(8-13(15)7-10)14(17)16-4-2-11-3-5-18-9-11/h10-13H,2-9,15H2,1H3,(H,16,17). The van der Waals surface area contributed by atoms with Gasteiger partial charge in [0.15, 0.2) is 0 Å². The van der Waals surface area contributed by atoms with Gasteiger partial charge in [0, 0.05) is 31.7 Å². The highest BCUT2D eigenvalue weighted by molar-refractivity contribution is 5.78. The first kappa shape index (κ1) is 13.8. The average molecular weight is 254 g/mol. The van der Waals surface area contributed by atoms with E-state index < -0.39 is 0 Å². The highest BCUT2D eigenvalue weighted by Crippen LogP contribution is 2.28. The van der Waals surface area contributed by atoms with Gasteiger partial charge in [-0.25, -0.2) is 0 Å². The molecule has 1 saturated carbocycles. The van der Waals surface area contributed by atoms with Gasteiger partial charge in [0.2, 0.25) is 5.91 Å². The second-order valence-corrected chi connectivity index (χ2v) is 6.08. The van der Waals surface area contributed by atoms with Crippen LogP contribution in [-0.2, 0) is 9.53 Å². The molecule has 2 rings (SSSR count). The lowest BCUT2D eigenvalue weighted by Crippen LogP contribution is -2.40. The first-order chi connectivity index (χ1) is 8.65. The topological polar surface area (TPSA) is 64.4 Å². The molecule has 1 heterocycles. The van der Waals surface area contributed by atoms with Crippen LogP contribution in [0.25, 0.3) is 0 Å². The summed E-state index contributed by atoms with van der Waals surface area (Å²) in [4.78, 5) is 12.1. The highest BCUT2D eigenvalue weighted by atomic mass is 16.5. The Hall–Kier alpha value is -0.610. The summed E-state index contributed by atoms with van der Waals surface area (Å²) in [6, 6.07) is 0.202. The number of nitrogens with one attached hydrogen (secondary N) is 1. The van der Waals surface area contributed by atoms with Crippen LogP contribution in [0.5, 0.6) is 0 Å². The Labute approximate surface area is 110 Å². The molecule has 4 nitrogen and oxygen atoms in total. The maximum atomic E-state index is 12.1. The molecule has 4 unspecified atom stereocenters. The van der Waals surface area contributed by atoms with Crippen LogP contribution in [0, 0.1) is 17.8 Å². The average Bonchev–Trinajstić information content (AvgIpc) is 2.80. The van der Waals surface area contributed by atoms with Crippen LogP contribution >= 0.6 is 0 Å². The van der Waals surface area contributed by atoms with Crippen molar-refractivity contribution >= 4 is 5.91 Å². The summed E-state index contributed by atoms with van der Waals surface area (Å²) in [5, 5.41) is 3.07. The van der Waals surface area contributed by atoms with Gasteiger partial charge < -0.3 is 15.8 Å². The molecule has 0 bridgehead atoms. The van der Waals surface area contributed by atoms with E-state index in [1.807, 2.05) is 0 Å². The number of rotatable bonds is 4. The summed E-state index contributed by atoms with van der Waals surface area (Å²) in [5.41, 5.74) is 5.99. The van der Waals surface area contributed by atoms with E-state index >= 15 is 0 Å². The van der Waals surface area contributed by atoms with E-state index in [1.165, 1.54) is 0 Å². The summed E-state index contributed by atoms with van der Waals surface area (Å²) in [7, 11) is 0. The van der Waals surface area contributed by atoms with Gasteiger partial charge in [0.25, 0.3) is 0 Å². The van der Waals surface area contributed by atoms with Crippen LogP contribution in [0.3, 0.4) is 0 Å². The largest absolute Gasteiger partial charge is 0.381 e. The Kier molecular flexibility index (Phi) is 5.01. The fraction of sp³-hybridized carbons (Fsp3) is 0.929. The molecule has 0 radical (unpaired) electrons. The second kappa shape index (κ2) is 6.53. The Morgan fingerprint density at radius 2 is 2.22 bits per heavy atom. The molecule has 18 heavy (non-hydrogen) atoms. The third-order valence-corrected chi connectivity index (χ3v) is 4.23. The van der Waals surface area contributed by atoms with Gasteiger partial charge in [-0.05, 0) is 43.9 Å². The molecule has 1 amide bonds. The Morgan fingerprint density at radius 3 is 2.89 bits per heavy atom. The molecule has 104 valence electrons. The number of hydrogen-bond acceptors (Lipinski definition) is 3. The minimum atomic E-state index is 0.128. The Balaban J connectivity index is 1.67. The maximum absolute atomic E-state index is 12.1. The van der Waals surface area contributed by atoms with Gasteiger partial charge in [-0.1, -0.05) is 6.92 Å². The van der Waals surface area contributed by atoms with Crippen LogP contribution in [0.4, 0.5) is 0 Å². The summed E-state index contributed by atoms with van der Waals surface area (Å²) < 4.78 is 5.33. The van der Waals surface area contributed by atoms with Crippen molar-refractivity contribution in [1.29, 1.82) is 0 Å². The zero-order valence-corrected chi connectivity index (χ0v) is 11.4. The molecular formula is C14H26N2O2. The van der Waals surface area contributed by atoms with E-state index in [1.54, 1.807) is 0 Å². The van der Waals surface area contributed by atoms with E-state index in [2.05, 4.69) is 12.2 Å². The summed E-state index contributed by atoms with van der Waals surface area (Å²) in [6.45, 7) is 4.72. The maximum Gasteiger partial charge on any atom is 0.223 e. The fourth-order valence-corrected chi connectivity index (χ4v) is 3.23. The summed E-state index contributed by atoms with van der Waals surface area (Å²) in [6.07, 6.45) is 5.08. The molecule has 0 aromatic rings. The van der Waals surface area contributed by atoms with Crippen molar-refractivity contribution in [3.8, 4) is 0 Å². The van der Waals surface area contributed by atoms with Crippen LogP contribution in [0.2, 0.25) is 0 Å². The normalized spacial score (nSPS) is 36.6. The van der Waals surface area contributed by atoms with Gasteiger partial charge >= 0.3 is 0 Å². The predicted molar refractivity (Wildman–Crippen MR) is 71.0 cm³/mol. The van der Waals surface area contributed by atoms with Crippen molar-refractivity contribution in [1.82, 2.24) is 5.32 Å². The third-order valence-electron chi connectivity index (χ3n) is 4.23. The minimum Gasteiger partial charge on any atom is -0.381 e. The van der Waals surface area contributed by atoms with Gasteiger partial charge in [0.05, 0.1) is 0 Å². The lowest BCUT2D eigenvalue weighted by molar-refractivity contribution is -0.126. The second-order valence-electron chi connectivity index (χ2n) is 6.08. The molecule has 2 fully saturated rings. The van der Waals surface area contributed by atoms with Crippen molar-refractivity contribution in [2.45, 2.75) is 45.1 Å². The molecule has 3 N–H and O–H groups in total. The van der Waals surface area contributed by atoms with Gasteiger partial charge in [0.1, 0.15) is 0 Å². The van der Waals surface area contributed by atoms with Gasteiger partial charge in [-0.15, -0.1) is 0 Å². The predicted octanol–water partition coefficient (Wildman–Crippen LogP) is 1.29. The van der Waals surface area contributed by atoms with E-state index in [9.17, 15) is 4.79 Å². The molecule has 2 aliphatic rings. The Bertz CT molecular complexity index is 267. The van der Waals surface area contributed by atoms with Gasteiger partial charge in [-0.2, -0.15) is 0 Å². The zero-order chi connectivity index (χ0) is 13.0. The van der Waals surface area contributed by atoms with E-state index in [0.29, 0.717) is 11.8 Å². The van der Waals surface area contributed by atoms with Crippen molar-refractivity contribution in [2.24, 2.45) is 23.5 Å². The quantitative estimate of drug-likeness (QED) is 0.794. The number of nitrogens with two attached hydrogens (primary N) is 1. The number of hydrogen-bond donors (Lipinski definition) is 2. The first-order valence-electron chi connectivity index (χ1n) is 7.26.